The van der Waals surface area contributed by atoms with E-state index >= 15 is 0 Å². The van der Waals surface area contributed by atoms with E-state index in [0.29, 0.717) is 5.41 Å². The van der Waals surface area contributed by atoms with Gasteiger partial charge in [0, 0.05) is 0 Å². The van der Waals surface area contributed by atoms with Gasteiger partial charge in [-0.1, -0.05) is 0 Å². The summed E-state index contributed by atoms with van der Waals surface area (Å²) in [5.74, 6) is 1.59. The third-order valence-corrected chi connectivity index (χ3v) is 21.8. The molecule has 27 heavy (non-hydrogen) atoms. The van der Waals surface area contributed by atoms with Gasteiger partial charge in [-0.15, -0.1) is 0 Å². The second-order valence-corrected chi connectivity index (χ2v) is 23.2. The summed E-state index contributed by atoms with van der Waals surface area (Å²) in [6.45, 7) is 17.0. The van der Waals surface area contributed by atoms with Gasteiger partial charge in [0.25, 0.3) is 0 Å². The van der Waals surface area contributed by atoms with Crippen LogP contribution in [0.4, 0.5) is 0 Å². The van der Waals surface area contributed by atoms with Gasteiger partial charge in [-0.3, -0.25) is 0 Å². The first kappa shape index (κ1) is 25.3. The van der Waals surface area contributed by atoms with Gasteiger partial charge in [-0.05, 0) is 0 Å². The predicted octanol–water partition coefficient (Wildman–Crippen LogP) is 9.34. The normalized spacial score (nSPS) is 23.9. The van der Waals surface area contributed by atoms with Gasteiger partial charge in [0.05, 0.1) is 0 Å². The Kier molecular flexibility index (Phi) is 12.0. The Labute approximate surface area is 176 Å². The quantitative estimate of drug-likeness (QED) is 0.192. The Hall–Kier alpha value is 0.279. The molecule has 1 heteroatoms. The molecular formula is C26H50Sn. The van der Waals surface area contributed by atoms with Gasteiger partial charge in [0.15, 0.2) is 0 Å². The number of hydrogen-bond donors (Lipinski definition) is 0. The van der Waals surface area contributed by atoms with E-state index in [4.69, 9.17) is 0 Å². The monoisotopic (exact) mass is 482 g/mol. The summed E-state index contributed by atoms with van der Waals surface area (Å²) in [5.41, 5.74) is 2.07. The van der Waals surface area contributed by atoms with Crippen LogP contribution in [0.25, 0.3) is 0 Å². The van der Waals surface area contributed by atoms with E-state index in [0.717, 1.165) is 11.8 Å². The van der Waals surface area contributed by atoms with Crippen molar-refractivity contribution in [1.29, 1.82) is 0 Å². The summed E-state index contributed by atoms with van der Waals surface area (Å²) < 4.78 is 7.65. The van der Waals surface area contributed by atoms with Crippen molar-refractivity contribution < 1.29 is 0 Å². The Bertz CT molecular complexity index is 435. The molecule has 1 aliphatic carbocycles. The molecule has 0 aliphatic heterocycles. The van der Waals surface area contributed by atoms with Crippen molar-refractivity contribution in [3.63, 3.8) is 0 Å². The van der Waals surface area contributed by atoms with Crippen LogP contribution in [0.5, 0.6) is 0 Å². The number of unbranched alkanes of at least 4 members (excludes halogenated alkanes) is 3. The van der Waals surface area contributed by atoms with Crippen LogP contribution < -0.4 is 0 Å². The maximum atomic E-state index is 2.90. The van der Waals surface area contributed by atoms with E-state index in [9.17, 15) is 0 Å². The molecule has 1 rings (SSSR count). The van der Waals surface area contributed by atoms with Crippen molar-refractivity contribution in [3.05, 3.63) is 21.8 Å². The molecule has 0 saturated heterocycles. The Morgan fingerprint density at radius 2 is 1.48 bits per heavy atom. The van der Waals surface area contributed by atoms with E-state index in [-0.39, 0.29) is 0 Å². The van der Waals surface area contributed by atoms with Gasteiger partial charge in [0.2, 0.25) is 0 Å². The minimum atomic E-state index is -2.15. The fourth-order valence-electron chi connectivity index (χ4n) is 5.41. The van der Waals surface area contributed by atoms with Crippen LogP contribution in [-0.4, -0.2) is 18.4 Å². The molecule has 0 aromatic carbocycles. The molecule has 0 heterocycles. The summed E-state index contributed by atoms with van der Waals surface area (Å²) in [4.78, 5) is 0. The van der Waals surface area contributed by atoms with E-state index in [1.807, 2.05) is 0 Å². The fourth-order valence-corrected chi connectivity index (χ4v) is 20.9. The molecular weight excluding hydrogens is 431 g/mol. The standard InChI is InChI=1S/C14H23.3C4H9.Sn/c1-11(2)8-9-13-12(3)7-6-10-14(13,4)5;3*1-3-4-2;/h1,8-9,12-13H,6-7,10H2,2-5H3;3*1,3-4H2,2H3;/b9-8+,11-1?;;;;. The molecule has 0 amide bonds. The average Bonchev–Trinajstić information content (AvgIpc) is 2.62. The summed E-state index contributed by atoms with van der Waals surface area (Å²) in [6, 6.07) is 0. The summed E-state index contributed by atoms with van der Waals surface area (Å²) in [5, 5.41) is 0. The average molecular weight is 481 g/mol. The zero-order valence-electron chi connectivity index (χ0n) is 19.9. The summed E-state index contributed by atoms with van der Waals surface area (Å²) >= 11 is -2.15. The third kappa shape index (κ3) is 8.67. The van der Waals surface area contributed by atoms with Gasteiger partial charge in [-0.25, -0.2) is 0 Å². The minimum absolute atomic E-state index is 0.474. The Morgan fingerprint density at radius 3 is 1.93 bits per heavy atom. The van der Waals surface area contributed by atoms with Crippen LogP contribution in [0, 0.1) is 17.3 Å². The van der Waals surface area contributed by atoms with E-state index in [1.165, 1.54) is 57.8 Å². The van der Waals surface area contributed by atoms with Crippen molar-refractivity contribution in [2.45, 2.75) is 120 Å². The molecule has 1 fully saturated rings. The van der Waals surface area contributed by atoms with E-state index in [2.05, 4.69) is 64.7 Å². The fraction of sp³-hybridized carbons (Fsp3) is 0.846. The van der Waals surface area contributed by atoms with Crippen molar-refractivity contribution >= 4 is 18.4 Å². The molecule has 0 nitrogen and oxygen atoms in total. The SMILES string of the molecule is CCC[CH2][Sn](/[CH]=C(C)/C=C/C1C(C)CCCC1(C)C)([CH2]CCC)[CH2]CCC. The number of rotatable bonds is 12. The zero-order chi connectivity index (χ0) is 20.3. The topological polar surface area (TPSA) is 0 Å². The molecule has 1 saturated carbocycles. The molecule has 1 aliphatic rings. The molecule has 158 valence electrons. The van der Waals surface area contributed by atoms with Crippen LogP contribution in [0.2, 0.25) is 13.3 Å². The van der Waals surface area contributed by atoms with Crippen molar-refractivity contribution in [2.24, 2.45) is 17.3 Å². The zero-order valence-corrected chi connectivity index (χ0v) is 22.7. The number of allylic oxidation sites excluding steroid dienone is 3. The predicted molar refractivity (Wildman–Crippen MR) is 128 cm³/mol. The summed E-state index contributed by atoms with van der Waals surface area (Å²) in [6.07, 6.45) is 17.8. The van der Waals surface area contributed by atoms with Crippen molar-refractivity contribution in [3.8, 4) is 0 Å². The molecule has 0 aromatic rings. The van der Waals surface area contributed by atoms with Crippen LogP contribution in [-0.2, 0) is 0 Å². The Morgan fingerprint density at radius 1 is 0.963 bits per heavy atom. The molecule has 0 radical (unpaired) electrons. The van der Waals surface area contributed by atoms with Gasteiger partial charge >= 0.3 is 177 Å². The molecule has 0 spiro atoms. The molecule has 2 atom stereocenters. The van der Waals surface area contributed by atoms with Gasteiger partial charge < -0.3 is 0 Å². The molecule has 2 unspecified atom stereocenters. The first-order valence-corrected chi connectivity index (χ1v) is 19.9. The van der Waals surface area contributed by atoms with Crippen molar-refractivity contribution in [2.75, 3.05) is 0 Å². The molecule has 0 N–H and O–H groups in total. The van der Waals surface area contributed by atoms with Crippen LogP contribution in [0.1, 0.15) is 106 Å². The maximum absolute atomic E-state index is 2.90. The van der Waals surface area contributed by atoms with Crippen LogP contribution in [0.3, 0.4) is 0 Å². The Balaban J connectivity index is 3.00. The van der Waals surface area contributed by atoms with Crippen LogP contribution >= 0.6 is 0 Å². The van der Waals surface area contributed by atoms with Crippen LogP contribution in [0.15, 0.2) is 21.8 Å². The van der Waals surface area contributed by atoms with E-state index in [1.54, 1.807) is 18.9 Å². The third-order valence-electron chi connectivity index (χ3n) is 7.18. The second kappa shape index (κ2) is 12.8. The van der Waals surface area contributed by atoms with Crippen molar-refractivity contribution in [1.82, 2.24) is 0 Å². The van der Waals surface area contributed by atoms with E-state index < -0.39 is 18.4 Å². The van der Waals surface area contributed by atoms with Gasteiger partial charge in [0.1, 0.15) is 0 Å². The molecule has 0 bridgehead atoms. The van der Waals surface area contributed by atoms with Gasteiger partial charge in [-0.2, -0.15) is 0 Å². The number of hydrogen-bond acceptors (Lipinski definition) is 0. The first-order valence-electron chi connectivity index (χ1n) is 12.2. The summed E-state index contributed by atoms with van der Waals surface area (Å²) in [7, 11) is 0. The first-order chi connectivity index (χ1) is 12.8. The molecule has 0 aromatic heterocycles. The second-order valence-electron chi connectivity index (χ2n) is 10.3.